The fourth-order valence-corrected chi connectivity index (χ4v) is 1.71. The number of carboxylic acid groups (broad SMARTS) is 1. The standard InChI is InChI=1S/C10H5ClF3N3O3/c11-5-2-6(12)7(1-4(5)8(18)19)17-10(20)16(3-15-17)9(13)14/h1-3,9H,(H,18,19). The lowest BCUT2D eigenvalue weighted by atomic mass is 10.2. The Bertz CT molecular complexity index is 741. The van der Waals surface area contributed by atoms with E-state index in [9.17, 15) is 22.8 Å². The predicted molar refractivity (Wildman–Crippen MR) is 61.0 cm³/mol. The molecule has 0 fully saturated rings. The Hall–Kier alpha value is -2.29. The molecule has 0 saturated heterocycles. The van der Waals surface area contributed by atoms with Crippen LogP contribution >= 0.6 is 11.6 Å². The number of nitrogens with zero attached hydrogens (tertiary/aromatic N) is 3. The first kappa shape index (κ1) is 14.1. The highest BCUT2D eigenvalue weighted by atomic mass is 35.5. The van der Waals surface area contributed by atoms with Crippen LogP contribution in [-0.2, 0) is 0 Å². The monoisotopic (exact) mass is 307 g/mol. The third-order valence-corrected chi connectivity index (χ3v) is 2.71. The maximum Gasteiger partial charge on any atom is 0.355 e. The molecule has 0 unspecified atom stereocenters. The van der Waals surface area contributed by atoms with Crippen LogP contribution in [0.1, 0.15) is 16.9 Å². The Morgan fingerprint density at radius 3 is 2.55 bits per heavy atom. The van der Waals surface area contributed by atoms with Gasteiger partial charge in [-0.15, -0.1) is 0 Å². The predicted octanol–water partition coefficient (Wildman–Crippen LogP) is 1.92. The van der Waals surface area contributed by atoms with Gasteiger partial charge >= 0.3 is 18.2 Å². The molecule has 0 radical (unpaired) electrons. The molecule has 0 spiro atoms. The van der Waals surface area contributed by atoms with Crippen LogP contribution in [0.2, 0.25) is 5.02 Å². The lowest BCUT2D eigenvalue weighted by Crippen LogP contribution is -2.25. The maximum absolute atomic E-state index is 13.7. The van der Waals surface area contributed by atoms with Gasteiger partial charge in [0.25, 0.3) is 0 Å². The van der Waals surface area contributed by atoms with E-state index in [0.717, 1.165) is 6.07 Å². The summed E-state index contributed by atoms with van der Waals surface area (Å²) in [6, 6.07) is 1.40. The van der Waals surface area contributed by atoms with Gasteiger partial charge in [-0.1, -0.05) is 11.6 Å². The summed E-state index contributed by atoms with van der Waals surface area (Å²) < 4.78 is 38.8. The molecular weight excluding hydrogens is 303 g/mol. The lowest BCUT2D eigenvalue weighted by Gasteiger charge is -2.05. The van der Waals surface area contributed by atoms with E-state index in [1.165, 1.54) is 0 Å². The van der Waals surface area contributed by atoms with E-state index < -0.39 is 35.3 Å². The summed E-state index contributed by atoms with van der Waals surface area (Å²) in [5.41, 5.74) is -2.38. The molecule has 20 heavy (non-hydrogen) atoms. The van der Waals surface area contributed by atoms with E-state index in [2.05, 4.69) is 5.10 Å². The van der Waals surface area contributed by atoms with E-state index >= 15 is 0 Å². The van der Waals surface area contributed by atoms with Gasteiger partial charge in [-0.25, -0.2) is 18.5 Å². The molecule has 1 heterocycles. The molecule has 0 aliphatic rings. The minimum absolute atomic E-state index is 0.0332. The van der Waals surface area contributed by atoms with Crippen molar-refractivity contribution in [3.05, 3.63) is 45.3 Å². The average Bonchev–Trinajstić information content (AvgIpc) is 2.71. The summed E-state index contributed by atoms with van der Waals surface area (Å²) in [5.74, 6) is -2.53. The highest BCUT2D eigenvalue weighted by Crippen LogP contribution is 2.22. The van der Waals surface area contributed by atoms with Gasteiger partial charge in [-0.2, -0.15) is 18.6 Å². The van der Waals surface area contributed by atoms with E-state index in [1.807, 2.05) is 0 Å². The molecule has 0 bridgehead atoms. The quantitative estimate of drug-likeness (QED) is 0.940. The normalized spacial score (nSPS) is 11.1. The van der Waals surface area contributed by atoms with Gasteiger partial charge in [0, 0.05) is 0 Å². The van der Waals surface area contributed by atoms with E-state index in [0.29, 0.717) is 17.1 Å². The zero-order chi connectivity index (χ0) is 15.0. The molecule has 1 aromatic carbocycles. The van der Waals surface area contributed by atoms with Crippen molar-refractivity contribution in [3.8, 4) is 5.69 Å². The number of halogens is 4. The fourth-order valence-electron chi connectivity index (χ4n) is 1.48. The average molecular weight is 308 g/mol. The lowest BCUT2D eigenvalue weighted by molar-refractivity contribution is 0.0659. The van der Waals surface area contributed by atoms with Crippen LogP contribution in [-0.4, -0.2) is 25.4 Å². The number of aromatic carboxylic acids is 1. The number of rotatable bonds is 3. The Kier molecular flexibility index (Phi) is 3.53. The number of carbonyl (C=O) groups is 1. The molecule has 10 heteroatoms. The van der Waals surface area contributed by atoms with Gasteiger partial charge in [0.05, 0.1) is 10.6 Å². The first-order valence-electron chi connectivity index (χ1n) is 5.00. The Morgan fingerprint density at radius 2 is 2.05 bits per heavy atom. The number of hydrogen-bond donors (Lipinski definition) is 1. The minimum atomic E-state index is -3.15. The molecule has 0 saturated carbocycles. The van der Waals surface area contributed by atoms with Crippen molar-refractivity contribution >= 4 is 17.6 Å². The van der Waals surface area contributed by atoms with Crippen LogP contribution in [0, 0.1) is 5.82 Å². The first-order chi connectivity index (χ1) is 9.32. The second kappa shape index (κ2) is 5.00. The largest absolute Gasteiger partial charge is 0.478 e. The Balaban J connectivity index is 2.67. The summed E-state index contributed by atoms with van der Waals surface area (Å²) in [7, 11) is 0. The number of hydrogen-bond acceptors (Lipinski definition) is 3. The minimum Gasteiger partial charge on any atom is -0.478 e. The van der Waals surface area contributed by atoms with Gasteiger partial charge in [-0.05, 0) is 12.1 Å². The van der Waals surface area contributed by atoms with Gasteiger partial charge < -0.3 is 5.11 Å². The Morgan fingerprint density at radius 1 is 1.40 bits per heavy atom. The summed E-state index contributed by atoms with van der Waals surface area (Å²) in [6.07, 6.45) is 0.515. The van der Waals surface area contributed by atoms with Crippen LogP contribution in [0.25, 0.3) is 5.69 Å². The summed E-state index contributed by atoms with van der Waals surface area (Å²) in [6.45, 7) is -3.15. The van der Waals surface area contributed by atoms with Crippen molar-refractivity contribution in [2.75, 3.05) is 0 Å². The van der Waals surface area contributed by atoms with Crippen molar-refractivity contribution in [1.82, 2.24) is 14.3 Å². The van der Waals surface area contributed by atoms with Gasteiger partial charge in [0.15, 0.2) is 5.82 Å². The molecule has 0 amide bonds. The number of alkyl halides is 2. The zero-order valence-corrected chi connectivity index (χ0v) is 10.2. The van der Waals surface area contributed by atoms with Crippen LogP contribution in [0.5, 0.6) is 0 Å². The molecule has 0 aliphatic heterocycles. The molecule has 2 aromatic rings. The second-order valence-electron chi connectivity index (χ2n) is 3.60. The van der Waals surface area contributed by atoms with Gasteiger partial charge in [0.2, 0.25) is 0 Å². The zero-order valence-electron chi connectivity index (χ0n) is 9.43. The Labute approximate surface area is 113 Å². The number of benzene rings is 1. The van der Waals surface area contributed by atoms with Gasteiger partial charge in [-0.3, -0.25) is 0 Å². The van der Waals surface area contributed by atoms with Crippen LogP contribution < -0.4 is 5.69 Å². The van der Waals surface area contributed by atoms with Crippen LogP contribution in [0.15, 0.2) is 23.3 Å². The fraction of sp³-hybridized carbons (Fsp3) is 0.100. The molecule has 6 nitrogen and oxygen atoms in total. The molecular formula is C10H5ClF3N3O3. The molecule has 0 atom stereocenters. The van der Waals surface area contributed by atoms with Crippen LogP contribution in [0.3, 0.4) is 0 Å². The third-order valence-electron chi connectivity index (χ3n) is 2.40. The van der Waals surface area contributed by atoms with Crippen molar-refractivity contribution in [2.24, 2.45) is 0 Å². The van der Waals surface area contributed by atoms with Crippen molar-refractivity contribution in [1.29, 1.82) is 0 Å². The summed E-state index contributed by atoms with van der Waals surface area (Å²) >= 11 is 5.53. The topological polar surface area (TPSA) is 77.1 Å². The second-order valence-corrected chi connectivity index (χ2v) is 4.01. The first-order valence-corrected chi connectivity index (χ1v) is 5.37. The van der Waals surface area contributed by atoms with Crippen molar-refractivity contribution < 1.29 is 23.1 Å². The van der Waals surface area contributed by atoms with E-state index in [1.54, 1.807) is 0 Å². The third kappa shape index (κ3) is 2.27. The molecule has 106 valence electrons. The van der Waals surface area contributed by atoms with E-state index in [4.69, 9.17) is 16.7 Å². The SMILES string of the molecule is O=C(O)c1cc(-n2ncn(C(F)F)c2=O)c(F)cc1Cl. The molecule has 1 N–H and O–H groups in total. The molecule has 0 aliphatic carbocycles. The molecule has 1 aromatic heterocycles. The van der Waals surface area contributed by atoms with Crippen molar-refractivity contribution in [2.45, 2.75) is 6.55 Å². The smallest absolute Gasteiger partial charge is 0.355 e. The number of carboxylic acids is 1. The molecule has 2 rings (SSSR count). The summed E-state index contributed by atoms with van der Waals surface area (Å²) in [4.78, 5) is 22.4. The van der Waals surface area contributed by atoms with Crippen LogP contribution in [0.4, 0.5) is 13.2 Å². The summed E-state index contributed by atoms with van der Waals surface area (Å²) in [5, 5.41) is 11.8. The van der Waals surface area contributed by atoms with E-state index in [-0.39, 0.29) is 9.59 Å². The number of aromatic nitrogens is 3. The highest BCUT2D eigenvalue weighted by Gasteiger charge is 2.19. The maximum atomic E-state index is 13.7. The highest BCUT2D eigenvalue weighted by molar-refractivity contribution is 6.33. The van der Waals surface area contributed by atoms with Gasteiger partial charge in [0.1, 0.15) is 12.0 Å². The van der Waals surface area contributed by atoms with Crippen molar-refractivity contribution in [3.63, 3.8) is 0 Å².